The lowest BCUT2D eigenvalue weighted by atomic mass is 9.68. The van der Waals surface area contributed by atoms with E-state index in [1.807, 2.05) is 29.7 Å². The highest BCUT2D eigenvalue weighted by atomic mass is 35.5. The Morgan fingerprint density at radius 2 is 2.00 bits per heavy atom. The van der Waals surface area contributed by atoms with Crippen LogP contribution in [0.1, 0.15) is 83.5 Å². The molecule has 13 heteroatoms. The monoisotopic (exact) mass is 776 g/mol. The average molecular weight is 777 g/mol. The van der Waals surface area contributed by atoms with Gasteiger partial charge in [0.2, 0.25) is 0 Å². The Balaban J connectivity index is 1.18. The maximum Gasteiger partial charge on any atom is 0.286 e. The number of nitrogens with zero attached hydrogens (tertiary/aromatic N) is 3. The first-order valence-corrected chi connectivity index (χ1v) is 21.1. The van der Waals surface area contributed by atoms with Crippen LogP contribution in [0.25, 0.3) is 0 Å². The molecule has 3 aromatic rings. The Kier molecular flexibility index (Phi) is 10.2. The van der Waals surface area contributed by atoms with Crippen LogP contribution in [-0.4, -0.2) is 74.6 Å². The molecule has 2 amide bonds. The van der Waals surface area contributed by atoms with Gasteiger partial charge in [0.25, 0.3) is 11.8 Å². The lowest BCUT2D eigenvalue weighted by Gasteiger charge is -2.45. The summed E-state index contributed by atoms with van der Waals surface area (Å²) in [7, 11) is -3.69. The molecule has 2 aromatic carbocycles. The van der Waals surface area contributed by atoms with Gasteiger partial charge in [-0.25, -0.2) is 4.21 Å². The number of allylic oxidation sites excluding steroid dienone is 1. The van der Waals surface area contributed by atoms with Crippen molar-refractivity contribution < 1.29 is 33.5 Å². The number of aliphatic hydroxyl groups excluding tert-OH is 2. The van der Waals surface area contributed by atoms with E-state index >= 15 is 0 Å². The highest BCUT2D eigenvalue weighted by Crippen LogP contribution is 2.47. The average Bonchev–Trinajstić information content (AvgIpc) is 3.51. The fraction of sp³-hybridized carbons (Fsp3) is 0.512. The molecule has 1 saturated carbocycles. The predicted molar refractivity (Wildman–Crippen MR) is 207 cm³/mol. The van der Waals surface area contributed by atoms with Crippen molar-refractivity contribution in [3.05, 3.63) is 93.8 Å². The van der Waals surface area contributed by atoms with Crippen molar-refractivity contribution in [2.75, 3.05) is 31.2 Å². The van der Waals surface area contributed by atoms with Crippen molar-refractivity contribution in [1.82, 2.24) is 9.29 Å². The summed E-state index contributed by atoms with van der Waals surface area (Å²) in [6.07, 6.45) is 9.67. The van der Waals surface area contributed by atoms with Gasteiger partial charge in [0.05, 0.1) is 55.1 Å². The summed E-state index contributed by atoms with van der Waals surface area (Å²) in [6, 6.07) is 13.1. The van der Waals surface area contributed by atoms with Crippen LogP contribution in [0.3, 0.4) is 0 Å². The second-order valence-electron chi connectivity index (χ2n) is 16.0. The third kappa shape index (κ3) is 7.00. The summed E-state index contributed by atoms with van der Waals surface area (Å²) < 4.78 is 36.1. The number of aliphatic hydroxyl groups is 2. The van der Waals surface area contributed by atoms with Crippen LogP contribution in [0.5, 0.6) is 5.75 Å². The van der Waals surface area contributed by atoms with E-state index in [2.05, 4.69) is 26.1 Å². The third-order valence-corrected chi connectivity index (χ3v) is 15.2. The van der Waals surface area contributed by atoms with E-state index in [1.165, 1.54) is 11.1 Å². The molecule has 5 aliphatic rings. The van der Waals surface area contributed by atoms with Gasteiger partial charge in [-0.1, -0.05) is 36.7 Å². The molecule has 8 rings (SSSR count). The number of halogens is 1. The quantitative estimate of drug-likeness (QED) is 0.282. The third-order valence-electron chi connectivity index (χ3n) is 12.6. The van der Waals surface area contributed by atoms with Crippen molar-refractivity contribution in [2.45, 2.75) is 88.4 Å². The number of benzene rings is 2. The number of anilines is 1. The number of hydrogen-bond acceptors (Lipinski definition) is 8. The molecular formula is C41H49ClN4O7S. The van der Waals surface area contributed by atoms with Crippen LogP contribution in [0, 0.1) is 17.8 Å². The predicted octanol–water partition coefficient (Wildman–Crippen LogP) is 5.83. The number of ether oxygens (including phenoxy) is 2. The Morgan fingerprint density at radius 3 is 2.80 bits per heavy atom. The van der Waals surface area contributed by atoms with Gasteiger partial charge in [-0.15, -0.1) is 4.36 Å². The van der Waals surface area contributed by atoms with E-state index < -0.39 is 33.1 Å². The van der Waals surface area contributed by atoms with Gasteiger partial charge in [-0.2, -0.15) is 0 Å². The number of nitrogens with one attached hydrogen (secondary N) is 1. The van der Waals surface area contributed by atoms with Gasteiger partial charge in [0, 0.05) is 41.0 Å². The first-order valence-electron chi connectivity index (χ1n) is 19.1. The summed E-state index contributed by atoms with van der Waals surface area (Å²) in [4.78, 5) is 30.3. The molecule has 0 saturated heterocycles. The number of amides is 2. The van der Waals surface area contributed by atoms with Crippen LogP contribution in [0.2, 0.25) is 5.02 Å². The van der Waals surface area contributed by atoms with E-state index in [9.17, 15) is 24.0 Å². The molecule has 2 bridgehead atoms. The lowest BCUT2D eigenvalue weighted by molar-refractivity contribution is -0.0273. The van der Waals surface area contributed by atoms with E-state index in [4.69, 9.17) is 21.1 Å². The highest BCUT2D eigenvalue weighted by molar-refractivity contribution is 7.93. The largest absolute Gasteiger partial charge is 0.490 e. The lowest BCUT2D eigenvalue weighted by Crippen LogP contribution is -2.49. The fourth-order valence-electron chi connectivity index (χ4n) is 9.00. The first-order chi connectivity index (χ1) is 25.9. The SMILES string of the molecule is CC1C/C=C/C(O)C2CCC2CN2CC3(CCCc4cc(Cl)ccc43)COc3ccc(cc32)C(=O)N=S(=O)(NC(=O)c2cc3n(c2)CC(CO)OC3)C1C. The molecule has 54 heavy (non-hydrogen) atoms. The Hall–Kier alpha value is -3.68. The van der Waals surface area contributed by atoms with Gasteiger partial charge in [0.1, 0.15) is 15.7 Å². The first kappa shape index (κ1) is 37.3. The second kappa shape index (κ2) is 14.8. The van der Waals surface area contributed by atoms with Crippen molar-refractivity contribution in [2.24, 2.45) is 22.1 Å². The van der Waals surface area contributed by atoms with Gasteiger partial charge >= 0.3 is 0 Å². The number of aryl methyl sites for hydroxylation is 1. The minimum absolute atomic E-state index is 0.0810. The summed E-state index contributed by atoms with van der Waals surface area (Å²) in [6.45, 7) is 5.92. The highest BCUT2D eigenvalue weighted by Gasteiger charge is 2.44. The van der Waals surface area contributed by atoms with Crippen LogP contribution < -0.4 is 14.4 Å². The topological polar surface area (TPSA) is 143 Å². The molecule has 3 aliphatic heterocycles. The number of rotatable bonds is 3. The van der Waals surface area contributed by atoms with E-state index in [1.54, 1.807) is 37.4 Å². The van der Waals surface area contributed by atoms with E-state index in [0.29, 0.717) is 38.4 Å². The minimum Gasteiger partial charge on any atom is -0.490 e. The zero-order valence-corrected chi connectivity index (χ0v) is 32.4. The Labute approximate surface area is 322 Å². The van der Waals surface area contributed by atoms with Crippen molar-refractivity contribution >= 4 is 39.0 Å². The minimum atomic E-state index is -3.69. The normalized spacial score (nSPS) is 32.8. The summed E-state index contributed by atoms with van der Waals surface area (Å²) >= 11 is 6.45. The molecule has 2 aliphatic carbocycles. The smallest absolute Gasteiger partial charge is 0.286 e. The maximum atomic E-state index is 15.0. The van der Waals surface area contributed by atoms with Crippen molar-refractivity contribution in [3.63, 3.8) is 0 Å². The number of aromatic nitrogens is 1. The molecule has 288 valence electrons. The standard InChI is InChI=1S/C41H49ClN4O7S/c1-25-5-3-7-37(48)34-11-8-29(34)18-46-23-41(14-4-6-27-15-31(42)10-12-35(27)41)24-53-38-13-9-28(17-36(38)46)39(49)43-54(51,26(25)2)44-40(50)30-16-32-22-52-33(21-47)20-45(32)19-30/h3,7,9-10,12-13,15-17,19,25-26,29,33-34,37,47-48H,4-6,8,11,14,18,20-24H2,1-2H3,(H,43,44,49,50,51)/b7-3+. The molecule has 1 fully saturated rings. The molecular weight excluding hydrogens is 728 g/mol. The molecule has 4 heterocycles. The van der Waals surface area contributed by atoms with Gasteiger partial charge in [-0.05, 0) is 111 Å². The zero-order valence-electron chi connectivity index (χ0n) is 30.8. The molecule has 3 N–H and O–H groups in total. The summed E-state index contributed by atoms with van der Waals surface area (Å²) in [5.41, 5.74) is 4.19. The van der Waals surface area contributed by atoms with Crippen LogP contribution >= 0.6 is 11.6 Å². The molecule has 0 radical (unpaired) electrons. The van der Waals surface area contributed by atoms with Gasteiger partial charge < -0.3 is 29.2 Å². The van der Waals surface area contributed by atoms with Crippen LogP contribution in [0.15, 0.2) is 65.2 Å². The maximum absolute atomic E-state index is 15.0. The zero-order chi connectivity index (χ0) is 37.8. The summed E-state index contributed by atoms with van der Waals surface area (Å²) in [5.74, 6) is -0.585. The van der Waals surface area contributed by atoms with Crippen molar-refractivity contribution in [3.8, 4) is 5.75 Å². The molecule has 8 unspecified atom stereocenters. The number of hydrogen-bond donors (Lipinski definition) is 3. The Bertz CT molecular complexity index is 2110. The fourth-order valence-corrected chi connectivity index (χ4v) is 11.1. The van der Waals surface area contributed by atoms with Gasteiger partial charge in [0.15, 0.2) is 0 Å². The Morgan fingerprint density at radius 1 is 1.15 bits per heavy atom. The van der Waals surface area contributed by atoms with Crippen LogP contribution in [0.4, 0.5) is 5.69 Å². The van der Waals surface area contributed by atoms with Gasteiger partial charge in [-0.3, -0.25) is 14.3 Å². The molecule has 11 nitrogen and oxygen atoms in total. The van der Waals surface area contributed by atoms with E-state index in [0.717, 1.165) is 48.5 Å². The number of carbonyl (C=O) groups is 2. The van der Waals surface area contributed by atoms with Crippen LogP contribution in [-0.2, 0) is 39.6 Å². The van der Waals surface area contributed by atoms with Crippen molar-refractivity contribution in [1.29, 1.82) is 0 Å². The number of fused-ring (bicyclic) bond motifs is 5. The molecule has 1 spiro atoms. The van der Waals surface area contributed by atoms with E-state index in [-0.39, 0.29) is 53.6 Å². The molecule has 1 aromatic heterocycles. The molecule has 8 atom stereocenters. The number of carbonyl (C=O) groups excluding carboxylic acids is 2. The summed E-state index contributed by atoms with van der Waals surface area (Å²) in [5, 5.41) is 21.0. The second-order valence-corrected chi connectivity index (χ2v) is 18.7.